The molecule has 4 heteroatoms. The van der Waals surface area contributed by atoms with Crippen molar-refractivity contribution in [3.8, 4) is 0 Å². The molecular weight excluding hydrogens is 245 g/mol. The van der Waals surface area contributed by atoms with Crippen LogP contribution in [0.2, 0.25) is 10.0 Å². The van der Waals surface area contributed by atoms with Gasteiger partial charge in [-0.05, 0) is 24.1 Å². The molecule has 0 saturated carbocycles. The second kappa shape index (κ2) is 5.19. The average molecular weight is 260 g/mol. The van der Waals surface area contributed by atoms with Crippen LogP contribution in [0.15, 0.2) is 30.9 Å². The van der Waals surface area contributed by atoms with Gasteiger partial charge in [-0.15, -0.1) is 6.58 Å². The summed E-state index contributed by atoms with van der Waals surface area (Å²) in [5, 5.41) is 10.6. The molecule has 0 aromatic heterocycles. The van der Waals surface area contributed by atoms with Gasteiger partial charge in [-0.1, -0.05) is 42.3 Å². The van der Waals surface area contributed by atoms with Gasteiger partial charge in [0.15, 0.2) is 0 Å². The van der Waals surface area contributed by atoms with Gasteiger partial charge >= 0.3 is 0 Å². The van der Waals surface area contributed by atoms with E-state index < -0.39 is 11.6 Å². The van der Waals surface area contributed by atoms with Crippen molar-refractivity contribution in [3.05, 3.63) is 46.5 Å². The van der Waals surface area contributed by atoms with Crippen LogP contribution in [0, 0.1) is 0 Å². The molecule has 0 spiro atoms. The third-order valence-corrected chi connectivity index (χ3v) is 3.54. The van der Waals surface area contributed by atoms with Crippen molar-refractivity contribution in [2.24, 2.45) is 5.73 Å². The van der Waals surface area contributed by atoms with Crippen LogP contribution in [0.5, 0.6) is 0 Å². The van der Waals surface area contributed by atoms with Gasteiger partial charge in [-0.25, -0.2) is 0 Å². The number of aliphatic hydroxyl groups is 1. The Hall–Kier alpha value is -0.540. The molecule has 0 radical (unpaired) electrons. The Balaban J connectivity index is 3.21. The minimum absolute atomic E-state index is 0.454. The minimum atomic E-state index is -0.984. The van der Waals surface area contributed by atoms with Crippen LogP contribution in [-0.4, -0.2) is 11.3 Å². The lowest BCUT2D eigenvalue weighted by atomic mass is 9.78. The fraction of sp³-hybridized carbons (Fsp3) is 0.333. The number of nitrogens with two attached hydrogens (primary N) is 1. The second-order valence-corrected chi connectivity index (χ2v) is 4.80. The van der Waals surface area contributed by atoms with Gasteiger partial charge in [0.05, 0.1) is 10.0 Å². The number of halogens is 2. The van der Waals surface area contributed by atoms with Gasteiger partial charge in [-0.3, -0.25) is 0 Å². The van der Waals surface area contributed by atoms with Crippen LogP contribution >= 0.6 is 23.2 Å². The van der Waals surface area contributed by atoms with Crippen molar-refractivity contribution >= 4 is 23.2 Å². The zero-order valence-corrected chi connectivity index (χ0v) is 10.6. The summed E-state index contributed by atoms with van der Waals surface area (Å²) < 4.78 is 0. The Bertz CT molecular complexity index is 393. The first-order chi connectivity index (χ1) is 7.41. The second-order valence-electron chi connectivity index (χ2n) is 3.98. The standard InChI is InChI=1S/C12H15Cl2NO/c1-3-6-12(2,11(15)16)8-4-5-9(13)10(14)7-8/h3-5,7,11,16H,1,6,15H2,2H3. The van der Waals surface area contributed by atoms with Gasteiger partial charge in [0.1, 0.15) is 6.23 Å². The third kappa shape index (κ3) is 2.58. The number of hydrogen-bond acceptors (Lipinski definition) is 2. The maximum atomic E-state index is 9.67. The van der Waals surface area contributed by atoms with E-state index in [0.29, 0.717) is 16.5 Å². The van der Waals surface area contributed by atoms with Crippen molar-refractivity contribution in [2.75, 3.05) is 0 Å². The zero-order valence-electron chi connectivity index (χ0n) is 9.08. The molecule has 0 aliphatic carbocycles. The summed E-state index contributed by atoms with van der Waals surface area (Å²) in [5.41, 5.74) is 5.85. The molecule has 88 valence electrons. The quantitative estimate of drug-likeness (QED) is 0.645. The molecule has 0 saturated heterocycles. The van der Waals surface area contributed by atoms with Crippen molar-refractivity contribution in [3.63, 3.8) is 0 Å². The Morgan fingerprint density at radius 3 is 2.56 bits per heavy atom. The molecule has 1 rings (SSSR count). The van der Waals surface area contributed by atoms with Crippen LogP contribution in [0.25, 0.3) is 0 Å². The first kappa shape index (κ1) is 13.5. The first-order valence-corrected chi connectivity index (χ1v) is 5.67. The van der Waals surface area contributed by atoms with Crippen LogP contribution in [0.1, 0.15) is 18.9 Å². The summed E-state index contributed by atoms with van der Waals surface area (Å²) in [4.78, 5) is 0. The lowest BCUT2D eigenvalue weighted by Gasteiger charge is -2.32. The highest BCUT2D eigenvalue weighted by atomic mass is 35.5. The lowest BCUT2D eigenvalue weighted by Crippen LogP contribution is -2.42. The van der Waals surface area contributed by atoms with Crippen LogP contribution in [0.3, 0.4) is 0 Å². The van der Waals surface area contributed by atoms with Gasteiger partial charge in [0.2, 0.25) is 0 Å². The molecule has 0 fully saturated rings. The fourth-order valence-corrected chi connectivity index (χ4v) is 1.86. The van der Waals surface area contributed by atoms with E-state index in [1.807, 2.05) is 13.0 Å². The molecule has 3 N–H and O–H groups in total. The maximum absolute atomic E-state index is 9.67. The van der Waals surface area contributed by atoms with E-state index in [1.54, 1.807) is 18.2 Å². The molecule has 1 aromatic rings. The van der Waals surface area contributed by atoms with Crippen molar-refractivity contribution < 1.29 is 5.11 Å². The SMILES string of the molecule is C=CCC(C)(c1ccc(Cl)c(Cl)c1)C(N)O. The van der Waals surface area contributed by atoms with Gasteiger partial charge in [-0.2, -0.15) is 0 Å². The molecule has 2 atom stereocenters. The number of hydrogen-bond donors (Lipinski definition) is 2. The summed E-state index contributed by atoms with van der Waals surface area (Å²) in [7, 11) is 0. The number of benzene rings is 1. The Morgan fingerprint density at radius 1 is 1.50 bits per heavy atom. The van der Waals surface area contributed by atoms with Crippen molar-refractivity contribution in [2.45, 2.75) is 25.0 Å². The van der Waals surface area contributed by atoms with Crippen LogP contribution < -0.4 is 5.73 Å². The highest BCUT2D eigenvalue weighted by Crippen LogP contribution is 2.34. The molecule has 0 aliphatic heterocycles. The molecule has 0 bridgehead atoms. The molecule has 0 heterocycles. The molecular formula is C12H15Cl2NO. The number of aliphatic hydroxyl groups excluding tert-OH is 1. The summed E-state index contributed by atoms with van der Waals surface area (Å²) in [6.07, 6.45) is 1.30. The Labute approximate surface area is 106 Å². The van der Waals surface area contributed by atoms with E-state index >= 15 is 0 Å². The van der Waals surface area contributed by atoms with Crippen LogP contribution in [-0.2, 0) is 5.41 Å². The normalized spacial score (nSPS) is 16.6. The molecule has 0 amide bonds. The van der Waals surface area contributed by atoms with E-state index in [-0.39, 0.29) is 0 Å². The largest absolute Gasteiger partial charge is 0.378 e. The summed E-state index contributed by atoms with van der Waals surface area (Å²) in [6.45, 7) is 5.53. The zero-order chi connectivity index (χ0) is 12.3. The van der Waals surface area contributed by atoms with E-state index in [9.17, 15) is 5.11 Å². The van der Waals surface area contributed by atoms with E-state index in [4.69, 9.17) is 28.9 Å². The summed E-state index contributed by atoms with van der Waals surface area (Å²) in [5.74, 6) is 0. The van der Waals surface area contributed by atoms with E-state index in [1.165, 1.54) is 0 Å². The van der Waals surface area contributed by atoms with Gasteiger partial charge in [0, 0.05) is 5.41 Å². The van der Waals surface area contributed by atoms with Crippen molar-refractivity contribution in [1.82, 2.24) is 0 Å². The highest BCUT2D eigenvalue weighted by Gasteiger charge is 2.31. The van der Waals surface area contributed by atoms with E-state index in [0.717, 1.165) is 5.56 Å². The van der Waals surface area contributed by atoms with Gasteiger partial charge in [0.25, 0.3) is 0 Å². The predicted molar refractivity (Wildman–Crippen MR) is 68.8 cm³/mol. The molecule has 1 aromatic carbocycles. The Morgan fingerprint density at radius 2 is 2.12 bits per heavy atom. The Kier molecular flexibility index (Phi) is 4.39. The summed E-state index contributed by atoms with van der Waals surface area (Å²) in [6, 6.07) is 5.24. The lowest BCUT2D eigenvalue weighted by molar-refractivity contribution is 0.0971. The first-order valence-electron chi connectivity index (χ1n) is 4.92. The fourth-order valence-electron chi connectivity index (χ4n) is 1.56. The third-order valence-electron chi connectivity index (χ3n) is 2.80. The molecule has 0 aliphatic rings. The van der Waals surface area contributed by atoms with Gasteiger partial charge < -0.3 is 10.8 Å². The predicted octanol–water partition coefficient (Wildman–Crippen LogP) is 3.10. The number of rotatable bonds is 4. The average Bonchev–Trinajstić information content (AvgIpc) is 2.22. The highest BCUT2D eigenvalue weighted by molar-refractivity contribution is 6.42. The topological polar surface area (TPSA) is 46.2 Å². The van der Waals surface area contributed by atoms with Crippen molar-refractivity contribution in [1.29, 1.82) is 0 Å². The smallest absolute Gasteiger partial charge is 0.112 e. The molecule has 2 unspecified atom stereocenters. The maximum Gasteiger partial charge on any atom is 0.112 e. The number of allylic oxidation sites excluding steroid dienone is 1. The summed E-state index contributed by atoms with van der Waals surface area (Å²) >= 11 is 11.8. The minimum Gasteiger partial charge on any atom is -0.378 e. The molecule has 2 nitrogen and oxygen atoms in total. The van der Waals surface area contributed by atoms with Crippen LogP contribution in [0.4, 0.5) is 0 Å². The van der Waals surface area contributed by atoms with E-state index in [2.05, 4.69) is 6.58 Å². The monoisotopic (exact) mass is 259 g/mol. The molecule has 16 heavy (non-hydrogen) atoms.